The Hall–Kier alpha value is -2.21. The molecule has 0 unspecified atom stereocenters. The van der Waals surface area contributed by atoms with Crippen LogP contribution in [0.25, 0.3) is 0 Å². The Morgan fingerprint density at radius 2 is 1.40 bits per heavy atom. The Kier molecular flexibility index (Phi) is 4.73. The van der Waals surface area contributed by atoms with Crippen molar-refractivity contribution in [2.45, 2.75) is 48.8 Å². The number of rotatable bonds is 6. The van der Waals surface area contributed by atoms with Gasteiger partial charge in [0.05, 0.1) is 19.1 Å². The lowest BCUT2D eigenvalue weighted by Gasteiger charge is -2.57. The van der Waals surface area contributed by atoms with E-state index in [1.165, 1.54) is 70.4 Å². The molecule has 0 heterocycles. The summed E-state index contributed by atoms with van der Waals surface area (Å²) < 4.78 is 38.9. The molecule has 160 valence electrons. The van der Waals surface area contributed by atoms with E-state index < -0.39 is 10.0 Å². The number of nitrogens with one attached hydrogen (secondary N) is 1. The topological polar surface area (TPSA) is 64.6 Å². The van der Waals surface area contributed by atoms with E-state index in [-0.39, 0.29) is 4.90 Å². The molecule has 6 heteroatoms. The zero-order chi connectivity index (χ0) is 20.9. The molecular weight excluding hydrogens is 398 g/mol. The Morgan fingerprint density at radius 3 is 1.93 bits per heavy atom. The summed E-state index contributed by atoms with van der Waals surface area (Å²) in [4.78, 5) is 0.144. The summed E-state index contributed by atoms with van der Waals surface area (Å²) in [7, 11) is -0.700. The number of hydrogen-bond donors (Lipinski definition) is 1. The van der Waals surface area contributed by atoms with Crippen LogP contribution in [0.3, 0.4) is 0 Å². The van der Waals surface area contributed by atoms with Crippen LogP contribution in [0.15, 0.2) is 47.4 Å². The summed E-state index contributed by atoms with van der Waals surface area (Å²) in [6, 6.07) is 12.7. The molecule has 0 radical (unpaired) electrons. The number of benzene rings is 2. The minimum absolute atomic E-state index is 0.144. The molecule has 4 aliphatic rings. The molecule has 30 heavy (non-hydrogen) atoms. The van der Waals surface area contributed by atoms with Gasteiger partial charge in [-0.3, -0.25) is 4.72 Å². The molecule has 2 aromatic carbocycles. The summed E-state index contributed by atoms with van der Waals surface area (Å²) in [6.45, 7) is 0. The molecule has 2 aromatic rings. The number of methoxy groups -OCH3 is 2. The second-order valence-corrected chi connectivity index (χ2v) is 11.1. The van der Waals surface area contributed by atoms with Crippen LogP contribution >= 0.6 is 0 Å². The van der Waals surface area contributed by atoms with Crippen LogP contribution in [-0.4, -0.2) is 22.6 Å². The number of anilines is 1. The second-order valence-electron chi connectivity index (χ2n) is 9.40. The maximum atomic E-state index is 12.9. The first-order valence-corrected chi connectivity index (χ1v) is 12.2. The molecule has 0 aromatic heterocycles. The van der Waals surface area contributed by atoms with Crippen LogP contribution in [0, 0.1) is 17.8 Å². The average molecular weight is 428 g/mol. The summed E-state index contributed by atoms with van der Waals surface area (Å²) >= 11 is 0. The molecule has 0 spiro atoms. The summed E-state index contributed by atoms with van der Waals surface area (Å²) in [5, 5.41) is 0. The first-order valence-electron chi connectivity index (χ1n) is 10.8. The highest BCUT2D eigenvalue weighted by Gasteiger charge is 2.51. The van der Waals surface area contributed by atoms with E-state index in [4.69, 9.17) is 9.47 Å². The summed E-state index contributed by atoms with van der Waals surface area (Å²) in [6.07, 6.45) is 8.16. The fourth-order valence-electron chi connectivity index (χ4n) is 6.55. The van der Waals surface area contributed by atoms with E-state index >= 15 is 0 Å². The van der Waals surface area contributed by atoms with E-state index in [2.05, 4.69) is 16.9 Å². The first-order chi connectivity index (χ1) is 14.4. The molecule has 4 bridgehead atoms. The van der Waals surface area contributed by atoms with Crippen molar-refractivity contribution in [1.29, 1.82) is 0 Å². The van der Waals surface area contributed by atoms with Crippen molar-refractivity contribution in [2.75, 3.05) is 18.9 Å². The Morgan fingerprint density at radius 1 is 0.833 bits per heavy atom. The molecule has 4 aliphatic carbocycles. The third-order valence-electron chi connectivity index (χ3n) is 7.45. The zero-order valence-electron chi connectivity index (χ0n) is 17.6. The monoisotopic (exact) mass is 427 g/mol. The average Bonchev–Trinajstić information content (AvgIpc) is 2.72. The van der Waals surface area contributed by atoms with Gasteiger partial charge < -0.3 is 9.47 Å². The van der Waals surface area contributed by atoms with Crippen LogP contribution in [0.4, 0.5) is 5.69 Å². The van der Waals surface area contributed by atoms with Crippen LogP contribution in [-0.2, 0) is 15.4 Å². The van der Waals surface area contributed by atoms with Gasteiger partial charge in [0.2, 0.25) is 0 Å². The zero-order valence-corrected chi connectivity index (χ0v) is 18.4. The van der Waals surface area contributed by atoms with Gasteiger partial charge in [-0.05, 0) is 91.5 Å². The van der Waals surface area contributed by atoms with E-state index in [0.717, 1.165) is 17.8 Å². The maximum Gasteiger partial charge on any atom is 0.262 e. The van der Waals surface area contributed by atoms with Gasteiger partial charge in [0.15, 0.2) is 11.5 Å². The largest absolute Gasteiger partial charge is 0.493 e. The van der Waals surface area contributed by atoms with Gasteiger partial charge >= 0.3 is 0 Å². The van der Waals surface area contributed by atoms with Crippen LogP contribution < -0.4 is 14.2 Å². The molecule has 0 aliphatic heterocycles. The van der Waals surface area contributed by atoms with Crippen molar-refractivity contribution in [3.63, 3.8) is 0 Å². The van der Waals surface area contributed by atoms with Crippen molar-refractivity contribution in [2.24, 2.45) is 17.8 Å². The lowest BCUT2D eigenvalue weighted by atomic mass is 9.48. The highest BCUT2D eigenvalue weighted by atomic mass is 32.2. The lowest BCUT2D eigenvalue weighted by molar-refractivity contribution is -0.00518. The number of hydrogen-bond acceptors (Lipinski definition) is 4. The normalized spacial score (nSPS) is 29.6. The molecule has 0 amide bonds. The summed E-state index contributed by atoms with van der Waals surface area (Å²) in [5.74, 6) is 3.55. The van der Waals surface area contributed by atoms with Crippen molar-refractivity contribution >= 4 is 15.7 Å². The van der Waals surface area contributed by atoms with Crippen molar-refractivity contribution in [3.8, 4) is 11.5 Å². The quantitative estimate of drug-likeness (QED) is 0.707. The molecule has 5 nitrogen and oxygen atoms in total. The molecular formula is C24H29NO4S. The van der Waals surface area contributed by atoms with Gasteiger partial charge in [0, 0.05) is 11.8 Å². The highest BCUT2D eigenvalue weighted by molar-refractivity contribution is 7.92. The standard InChI is InChI=1S/C24H29NO4S/c1-28-22-8-7-21(12-23(22)29-2)30(26,27)25-20-5-3-19(4-6-20)24-13-16-9-17(14-24)11-18(10-16)15-24/h3-8,12,16-18,25H,9-11,13-15H2,1-2H3. The first kappa shape index (κ1) is 19.7. The van der Waals surface area contributed by atoms with Crippen molar-refractivity contribution in [1.82, 2.24) is 0 Å². The van der Waals surface area contributed by atoms with E-state index in [0.29, 0.717) is 22.6 Å². The predicted octanol–water partition coefficient (Wildman–Crippen LogP) is 4.97. The molecule has 0 saturated heterocycles. The van der Waals surface area contributed by atoms with E-state index in [9.17, 15) is 8.42 Å². The smallest absolute Gasteiger partial charge is 0.262 e. The Labute approximate surface area is 178 Å². The molecule has 6 rings (SSSR count). The SMILES string of the molecule is COc1ccc(S(=O)(=O)Nc2ccc(C34CC5CC(CC(C5)C3)C4)cc2)cc1OC. The lowest BCUT2D eigenvalue weighted by Crippen LogP contribution is -2.48. The predicted molar refractivity (Wildman–Crippen MR) is 117 cm³/mol. The molecule has 4 saturated carbocycles. The van der Waals surface area contributed by atoms with Gasteiger partial charge in [-0.25, -0.2) is 8.42 Å². The Bertz CT molecular complexity index is 1010. The van der Waals surface area contributed by atoms with Gasteiger partial charge in [0.25, 0.3) is 10.0 Å². The third-order valence-corrected chi connectivity index (χ3v) is 8.83. The molecule has 1 N–H and O–H groups in total. The molecule has 4 fully saturated rings. The fraction of sp³-hybridized carbons (Fsp3) is 0.500. The third kappa shape index (κ3) is 3.35. The van der Waals surface area contributed by atoms with Crippen molar-refractivity contribution in [3.05, 3.63) is 48.0 Å². The minimum atomic E-state index is -3.71. The van der Waals surface area contributed by atoms with Gasteiger partial charge in [-0.2, -0.15) is 0 Å². The molecule has 0 atom stereocenters. The Balaban J connectivity index is 1.36. The number of ether oxygens (including phenoxy) is 2. The van der Waals surface area contributed by atoms with Crippen LogP contribution in [0.5, 0.6) is 11.5 Å². The van der Waals surface area contributed by atoms with Crippen LogP contribution in [0.1, 0.15) is 44.1 Å². The van der Waals surface area contributed by atoms with E-state index in [1.54, 1.807) is 6.07 Å². The highest BCUT2D eigenvalue weighted by Crippen LogP contribution is 2.60. The van der Waals surface area contributed by atoms with Gasteiger partial charge in [-0.1, -0.05) is 12.1 Å². The van der Waals surface area contributed by atoms with Crippen LogP contribution in [0.2, 0.25) is 0 Å². The minimum Gasteiger partial charge on any atom is -0.493 e. The second kappa shape index (κ2) is 7.19. The summed E-state index contributed by atoms with van der Waals surface area (Å²) in [5.41, 5.74) is 2.28. The fourth-order valence-corrected chi connectivity index (χ4v) is 7.63. The van der Waals surface area contributed by atoms with Gasteiger partial charge in [-0.15, -0.1) is 0 Å². The van der Waals surface area contributed by atoms with E-state index in [1.807, 2.05) is 12.1 Å². The van der Waals surface area contributed by atoms with Crippen molar-refractivity contribution < 1.29 is 17.9 Å². The number of sulfonamides is 1. The maximum absolute atomic E-state index is 12.9. The van der Waals surface area contributed by atoms with Gasteiger partial charge in [0.1, 0.15) is 0 Å².